The van der Waals surface area contributed by atoms with Gasteiger partial charge in [0.2, 0.25) is 0 Å². The fraction of sp³-hybridized carbons (Fsp3) is 0.308. The fourth-order valence-electron chi connectivity index (χ4n) is 1.94. The molecule has 0 fully saturated rings. The van der Waals surface area contributed by atoms with E-state index in [4.69, 9.17) is 5.73 Å². The van der Waals surface area contributed by atoms with Crippen molar-refractivity contribution in [3.63, 3.8) is 0 Å². The van der Waals surface area contributed by atoms with E-state index < -0.39 is 15.8 Å². The van der Waals surface area contributed by atoms with Crippen LogP contribution in [0.4, 0.5) is 15.8 Å². The molecule has 1 aromatic carbocycles. The molecule has 1 aromatic heterocycles. The first-order valence-electron chi connectivity index (χ1n) is 6.22. The van der Waals surface area contributed by atoms with Gasteiger partial charge >= 0.3 is 0 Å². The first-order chi connectivity index (χ1) is 9.63. The average Bonchev–Trinajstić information content (AvgIpc) is 2.62. The Hall–Kier alpha value is -2.09. The van der Waals surface area contributed by atoms with E-state index in [0.29, 0.717) is 17.1 Å². The summed E-state index contributed by atoms with van der Waals surface area (Å²) in [7, 11) is -2.22. The Kier molecular flexibility index (Phi) is 3.66. The van der Waals surface area contributed by atoms with Crippen molar-refractivity contribution < 1.29 is 12.8 Å². The molecule has 0 spiro atoms. The van der Waals surface area contributed by atoms with Gasteiger partial charge in [-0.15, -0.1) is 0 Å². The van der Waals surface area contributed by atoms with Crippen molar-refractivity contribution in [3.05, 3.63) is 34.9 Å². The molecule has 0 unspecified atom stereocenters. The second-order valence-corrected chi connectivity index (χ2v) is 6.58. The molecule has 0 aliphatic carbocycles. The minimum absolute atomic E-state index is 0.0926. The molecule has 0 bridgehead atoms. The predicted octanol–water partition coefficient (Wildman–Crippen LogP) is 1.87. The van der Waals surface area contributed by atoms with Crippen molar-refractivity contribution in [1.29, 1.82) is 0 Å². The largest absolute Gasteiger partial charge is 0.398 e. The first-order valence-corrected chi connectivity index (χ1v) is 7.70. The van der Waals surface area contributed by atoms with E-state index in [1.165, 1.54) is 13.0 Å². The number of nitrogens with one attached hydrogen (secondary N) is 1. The van der Waals surface area contributed by atoms with Gasteiger partial charge in [0.05, 0.1) is 22.0 Å². The second kappa shape index (κ2) is 5.03. The van der Waals surface area contributed by atoms with Crippen molar-refractivity contribution in [2.45, 2.75) is 25.7 Å². The van der Waals surface area contributed by atoms with Gasteiger partial charge in [-0.25, -0.2) is 12.8 Å². The van der Waals surface area contributed by atoms with E-state index >= 15 is 0 Å². The lowest BCUT2D eigenvalue weighted by Gasteiger charge is -2.10. The number of aryl methyl sites for hydroxylation is 2. The summed E-state index contributed by atoms with van der Waals surface area (Å²) in [5.41, 5.74) is 7.53. The van der Waals surface area contributed by atoms with Gasteiger partial charge in [0.15, 0.2) is 0 Å². The molecule has 3 N–H and O–H groups in total. The van der Waals surface area contributed by atoms with E-state index in [2.05, 4.69) is 9.82 Å². The molecular weight excluding hydrogens is 295 g/mol. The minimum atomic E-state index is -3.93. The van der Waals surface area contributed by atoms with Crippen LogP contribution in [0.25, 0.3) is 0 Å². The smallest absolute Gasteiger partial charge is 0.262 e. The summed E-state index contributed by atoms with van der Waals surface area (Å²) in [6.07, 6.45) is 0. The molecule has 2 aromatic rings. The summed E-state index contributed by atoms with van der Waals surface area (Å²) in [6.45, 7) is 4.92. The number of nitrogens with zero attached hydrogens (tertiary/aromatic N) is 2. The van der Waals surface area contributed by atoms with Crippen LogP contribution in [-0.2, 0) is 17.1 Å². The highest BCUT2D eigenvalue weighted by Gasteiger charge is 2.21. The summed E-state index contributed by atoms with van der Waals surface area (Å²) < 4.78 is 42.4. The molecular formula is C13H17FN4O2S. The third-order valence-electron chi connectivity index (χ3n) is 3.41. The van der Waals surface area contributed by atoms with Crippen LogP contribution in [-0.4, -0.2) is 18.2 Å². The van der Waals surface area contributed by atoms with Crippen LogP contribution in [0.2, 0.25) is 0 Å². The quantitative estimate of drug-likeness (QED) is 0.847. The number of hydrogen-bond acceptors (Lipinski definition) is 4. The molecule has 8 heteroatoms. The number of aromatic nitrogens is 2. The Balaban J connectivity index is 2.48. The third kappa shape index (κ3) is 2.71. The Morgan fingerprint density at radius 2 is 1.90 bits per heavy atom. The van der Waals surface area contributed by atoms with E-state index in [1.807, 2.05) is 0 Å². The summed E-state index contributed by atoms with van der Waals surface area (Å²) in [6, 6.07) is 2.19. The Morgan fingerprint density at radius 1 is 1.29 bits per heavy atom. The zero-order valence-electron chi connectivity index (χ0n) is 12.2. The van der Waals surface area contributed by atoms with Gasteiger partial charge in [0.1, 0.15) is 5.82 Å². The molecule has 0 saturated carbocycles. The molecule has 0 radical (unpaired) electrons. The van der Waals surface area contributed by atoms with Crippen molar-refractivity contribution in [2.24, 2.45) is 7.05 Å². The number of benzene rings is 1. The SMILES string of the molecule is Cc1nn(C)c(C)c1NS(=O)(=O)c1cc(N)c(C)c(F)c1. The predicted molar refractivity (Wildman–Crippen MR) is 79.0 cm³/mol. The van der Waals surface area contributed by atoms with Gasteiger partial charge in [-0.3, -0.25) is 9.40 Å². The standard InChI is InChI=1S/C13H17FN4O2S/c1-7-11(14)5-10(6-12(7)15)21(19,20)17-13-8(2)16-18(4)9(13)3/h5-6,17H,15H2,1-4H3. The minimum Gasteiger partial charge on any atom is -0.398 e. The fourth-order valence-corrected chi connectivity index (χ4v) is 3.17. The van der Waals surface area contributed by atoms with Crippen molar-refractivity contribution in [3.8, 4) is 0 Å². The molecule has 0 aliphatic heterocycles. The van der Waals surface area contributed by atoms with Crippen LogP contribution in [0.3, 0.4) is 0 Å². The number of hydrogen-bond donors (Lipinski definition) is 2. The second-order valence-electron chi connectivity index (χ2n) is 4.89. The van der Waals surface area contributed by atoms with Crippen molar-refractivity contribution >= 4 is 21.4 Å². The topological polar surface area (TPSA) is 90.0 Å². The van der Waals surface area contributed by atoms with Crippen LogP contribution in [0, 0.1) is 26.6 Å². The molecule has 114 valence electrons. The number of halogens is 1. The van der Waals surface area contributed by atoms with E-state index in [1.54, 1.807) is 25.6 Å². The number of nitrogen functional groups attached to an aromatic ring is 1. The molecule has 0 amide bonds. The third-order valence-corrected chi connectivity index (χ3v) is 4.74. The Bertz CT molecular complexity index is 789. The zero-order valence-corrected chi connectivity index (χ0v) is 13.0. The number of anilines is 2. The summed E-state index contributed by atoms with van der Waals surface area (Å²) in [4.78, 5) is -0.217. The zero-order chi connectivity index (χ0) is 15.9. The number of nitrogens with two attached hydrogens (primary N) is 1. The maximum absolute atomic E-state index is 13.7. The van der Waals surface area contributed by atoms with Gasteiger partial charge in [-0.1, -0.05) is 0 Å². The summed E-state index contributed by atoms with van der Waals surface area (Å²) in [5.74, 6) is -0.657. The van der Waals surface area contributed by atoms with Crippen molar-refractivity contribution in [1.82, 2.24) is 9.78 Å². The lowest BCUT2D eigenvalue weighted by molar-refractivity contribution is 0.593. The highest BCUT2D eigenvalue weighted by atomic mass is 32.2. The maximum Gasteiger partial charge on any atom is 0.262 e. The van der Waals surface area contributed by atoms with Crippen LogP contribution < -0.4 is 10.5 Å². The van der Waals surface area contributed by atoms with Gasteiger partial charge in [0, 0.05) is 18.3 Å². The van der Waals surface area contributed by atoms with E-state index in [-0.39, 0.29) is 16.1 Å². The monoisotopic (exact) mass is 312 g/mol. The van der Waals surface area contributed by atoms with E-state index in [9.17, 15) is 12.8 Å². The van der Waals surface area contributed by atoms with Gasteiger partial charge in [-0.05, 0) is 32.9 Å². The molecule has 6 nitrogen and oxygen atoms in total. The maximum atomic E-state index is 13.7. The van der Waals surface area contributed by atoms with Crippen molar-refractivity contribution in [2.75, 3.05) is 10.5 Å². The van der Waals surface area contributed by atoms with Crippen LogP contribution in [0.15, 0.2) is 17.0 Å². The van der Waals surface area contributed by atoms with Crippen LogP contribution in [0.1, 0.15) is 17.0 Å². The first kappa shape index (κ1) is 15.3. The number of rotatable bonds is 3. The lowest BCUT2D eigenvalue weighted by atomic mass is 10.2. The highest BCUT2D eigenvalue weighted by molar-refractivity contribution is 7.92. The molecule has 0 saturated heterocycles. The van der Waals surface area contributed by atoms with Crippen LogP contribution >= 0.6 is 0 Å². The highest BCUT2D eigenvalue weighted by Crippen LogP contribution is 2.25. The lowest BCUT2D eigenvalue weighted by Crippen LogP contribution is -2.15. The van der Waals surface area contributed by atoms with Gasteiger partial charge < -0.3 is 5.73 Å². The molecule has 0 aliphatic rings. The molecule has 2 rings (SSSR count). The summed E-state index contributed by atoms with van der Waals surface area (Å²) >= 11 is 0. The summed E-state index contributed by atoms with van der Waals surface area (Å²) in [5, 5.41) is 4.13. The van der Waals surface area contributed by atoms with Crippen LogP contribution in [0.5, 0.6) is 0 Å². The van der Waals surface area contributed by atoms with Gasteiger partial charge in [0.25, 0.3) is 10.0 Å². The van der Waals surface area contributed by atoms with Gasteiger partial charge in [-0.2, -0.15) is 5.10 Å². The molecule has 21 heavy (non-hydrogen) atoms. The van der Waals surface area contributed by atoms with E-state index in [0.717, 1.165) is 6.07 Å². The molecule has 1 heterocycles. The normalized spacial score (nSPS) is 11.7. The Morgan fingerprint density at radius 3 is 2.38 bits per heavy atom. The number of sulfonamides is 1. The average molecular weight is 312 g/mol. The molecule has 0 atom stereocenters. The Labute approximate surface area is 122 Å².